The molecule has 0 saturated carbocycles. The first-order valence-electron chi connectivity index (χ1n) is 20.3. The molecule has 0 unspecified atom stereocenters. The van der Waals surface area contributed by atoms with Gasteiger partial charge in [-0.25, -0.2) is 19.2 Å². The van der Waals surface area contributed by atoms with Crippen molar-refractivity contribution in [3.05, 3.63) is 179 Å². The molecule has 3 heterocycles. The summed E-state index contributed by atoms with van der Waals surface area (Å²) in [5.41, 5.74) is 1.39. The van der Waals surface area contributed by atoms with Crippen LogP contribution in [0.1, 0.15) is 53.3 Å². The fourth-order valence-electron chi connectivity index (χ4n) is 7.48. The average Bonchev–Trinajstić information content (AvgIpc) is 3.34. The van der Waals surface area contributed by atoms with E-state index in [4.69, 9.17) is 47.4 Å². The van der Waals surface area contributed by atoms with Gasteiger partial charge in [-0.3, -0.25) is 0 Å². The second-order valence-corrected chi connectivity index (χ2v) is 14.8. The van der Waals surface area contributed by atoms with Crippen molar-refractivity contribution in [2.24, 2.45) is 0 Å². The summed E-state index contributed by atoms with van der Waals surface area (Å²) in [6, 6.07) is 41.5. The molecule has 0 radical (unpaired) electrons. The molecule has 0 spiro atoms. The lowest BCUT2D eigenvalue weighted by atomic mass is 9.95. The zero-order chi connectivity index (χ0) is 43.7. The van der Waals surface area contributed by atoms with Crippen LogP contribution in [0.15, 0.2) is 152 Å². The van der Waals surface area contributed by atoms with Gasteiger partial charge in [-0.1, -0.05) is 103 Å². The first-order valence-corrected chi connectivity index (χ1v) is 20.3. The maximum atomic E-state index is 14.0. The van der Waals surface area contributed by atoms with Gasteiger partial charge in [0, 0.05) is 12.7 Å². The van der Waals surface area contributed by atoms with Crippen molar-refractivity contribution in [2.45, 2.75) is 67.7 Å². The number of hydrogen-bond donors (Lipinski definition) is 1. The zero-order valence-corrected chi connectivity index (χ0v) is 33.9. The Morgan fingerprint density at radius 1 is 0.540 bits per heavy atom. The molecule has 0 aromatic heterocycles. The summed E-state index contributed by atoms with van der Waals surface area (Å²) in [5, 5.41) is 12.1. The van der Waals surface area contributed by atoms with E-state index in [1.165, 1.54) is 43.5 Å². The molecule has 326 valence electrons. The highest BCUT2D eigenvalue weighted by atomic mass is 16.8. The Morgan fingerprint density at radius 2 is 1.00 bits per heavy atom. The summed E-state index contributed by atoms with van der Waals surface area (Å²) < 4.78 is 61.5. The lowest BCUT2D eigenvalue weighted by Gasteiger charge is -2.50. The molecule has 15 heteroatoms. The molecule has 5 aromatic carbocycles. The van der Waals surface area contributed by atoms with Gasteiger partial charge in [-0.15, -0.1) is 0 Å². The molecule has 0 aliphatic carbocycles. The molecule has 1 N–H and O–H groups in total. The third-order valence-corrected chi connectivity index (χ3v) is 10.6. The minimum atomic E-state index is -1.65. The SMILES string of the molecule is CO[C@@H]1O[C@H](COC(=O)c2ccccc2)[C@@H](O[C@@H]2O[C@@H]3CO[C@@H](c4ccccc4)O[C@@H]3[C@@H](O)[C@H]2OC(=O)c2ccccc2)[C@H](OC(=O)c2ccccc2)[C@H]1OC(=O)c1ccccc1. The first kappa shape index (κ1) is 43.4. The Labute approximate surface area is 362 Å². The Balaban J connectivity index is 1.17. The maximum absolute atomic E-state index is 14.0. The number of hydrogen-bond acceptors (Lipinski definition) is 15. The summed E-state index contributed by atoms with van der Waals surface area (Å²) in [4.78, 5) is 54.8. The fraction of sp³-hybridized carbons (Fsp3) is 0.292. The Kier molecular flexibility index (Phi) is 13.9. The topological polar surface area (TPSA) is 181 Å². The second kappa shape index (κ2) is 20.3. The number of aliphatic hydroxyl groups is 1. The van der Waals surface area contributed by atoms with Gasteiger partial charge in [-0.05, 0) is 48.5 Å². The van der Waals surface area contributed by atoms with E-state index in [1.54, 1.807) is 97.1 Å². The average molecular weight is 861 g/mol. The zero-order valence-electron chi connectivity index (χ0n) is 33.9. The highest BCUT2D eigenvalue weighted by Gasteiger charge is 2.57. The van der Waals surface area contributed by atoms with E-state index in [9.17, 15) is 24.3 Å². The van der Waals surface area contributed by atoms with Gasteiger partial charge in [0.05, 0.1) is 28.9 Å². The van der Waals surface area contributed by atoms with Gasteiger partial charge in [0.2, 0.25) is 0 Å². The van der Waals surface area contributed by atoms with Crippen LogP contribution in [0.5, 0.6) is 0 Å². The Hall–Kier alpha value is -6.30. The summed E-state index contributed by atoms with van der Waals surface area (Å²) in [7, 11) is 1.30. The molecule has 3 fully saturated rings. The predicted octanol–water partition coefficient (Wildman–Crippen LogP) is 5.48. The molecular formula is C48H44O15. The molecule has 3 saturated heterocycles. The van der Waals surface area contributed by atoms with Crippen LogP contribution in [0.25, 0.3) is 0 Å². The highest BCUT2D eigenvalue weighted by Crippen LogP contribution is 2.38. The van der Waals surface area contributed by atoms with Crippen LogP contribution in [0, 0.1) is 0 Å². The van der Waals surface area contributed by atoms with Crippen LogP contribution in [-0.2, 0) is 47.4 Å². The number of esters is 4. The van der Waals surface area contributed by atoms with Crippen LogP contribution < -0.4 is 0 Å². The van der Waals surface area contributed by atoms with E-state index in [1.807, 2.05) is 18.2 Å². The molecule has 63 heavy (non-hydrogen) atoms. The summed E-state index contributed by atoms with van der Waals surface area (Å²) >= 11 is 0. The molecule has 11 atom stereocenters. The molecule has 8 rings (SSSR count). The summed E-state index contributed by atoms with van der Waals surface area (Å²) in [5.74, 6) is -3.19. The van der Waals surface area contributed by atoms with Crippen molar-refractivity contribution < 1.29 is 71.7 Å². The van der Waals surface area contributed by atoms with Crippen LogP contribution in [-0.4, -0.2) is 111 Å². The van der Waals surface area contributed by atoms with Crippen LogP contribution in [0.3, 0.4) is 0 Å². The molecule has 3 aliphatic rings. The van der Waals surface area contributed by atoms with Gasteiger partial charge in [0.1, 0.15) is 37.1 Å². The van der Waals surface area contributed by atoms with E-state index in [0.717, 1.165) is 0 Å². The number of fused-ring (bicyclic) bond motifs is 1. The first-order chi connectivity index (χ1) is 30.8. The van der Waals surface area contributed by atoms with Gasteiger partial charge in [0.25, 0.3) is 0 Å². The van der Waals surface area contributed by atoms with E-state index < -0.39 is 98.2 Å². The summed E-state index contributed by atoms with van der Waals surface area (Å²) in [6.45, 7) is -0.604. The molecule has 3 aliphatic heterocycles. The molecule has 15 nitrogen and oxygen atoms in total. The fourth-order valence-corrected chi connectivity index (χ4v) is 7.48. The monoisotopic (exact) mass is 860 g/mol. The standard InChI is InChI=1S/C48H44O15/c1-54-47-41(61-45(53)32-23-13-5-14-24-32)40(60-44(52)31-21-11-4-12-22-31)38(35(57-47)27-55-42(50)29-17-7-2-8-18-29)63-48-39(59-43(51)30-19-9-3-10-20-30)36(49)37-34(58-48)28-56-46(62-37)33-25-15-6-16-26-33/h2-26,34-41,46-49H,27-28H2,1H3/t34-,35-,36-,37+,38-,39-,40+,41-,46-,47-,48+/m1/s1. The number of benzene rings is 5. The number of ether oxygens (including phenoxy) is 10. The molecule has 0 amide bonds. The number of aliphatic hydroxyl groups excluding tert-OH is 1. The van der Waals surface area contributed by atoms with Crippen LogP contribution >= 0.6 is 0 Å². The minimum absolute atomic E-state index is 0.0880. The minimum Gasteiger partial charge on any atom is -0.459 e. The number of carbonyl (C=O) groups is 4. The van der Waals surface area contributed by atoms with Gasteiger partial charge in [-0.2, -0.15) is 0 Å². The van der Waals surface area contributed by atoms with Crippen molar-refractivity contribution in [3.63, 3.8) is 0 Å². The molecule has 0 bridgehead atoms. The lowest BCUT2D eigenvalue weighted by molar-refractivity contribution is -0.383. The molecular weight excluding hydrogens is 817 g/mol. The number of rotatable bonds is 13. The largest absolute Gasteiger partial charge is 0.459 e. The van der Waals surface area contributed by atoms with Crippen molar-refractivity contribution >= 4 is 23.9 Å². The van der Waals surface area contributed by atoms with Crippen molar-refractivity contribution in [3.8, 4) is 0 Å². The summed E-state index contributed by atoms with van der Waals surface area (Å²) in [6.07, 6.45) is -15.2. The predicted molar refractivity (Wildman–Crippen MR) is 219 cm³/mol. The van der Waals surface area contributed by atoms with Gasteiger partial charge >= 0.3 is 23.9 Å². The Morgan fingerprint density at radius 3 is 1.51 bits per heavy atom. The maximum Gasteiger partial charge on any atom is 0.338 e. The van der Waals surface area contributed by atoms with Crippen LogP contribution in [0.2, 0.25) is 0 Å². The van der Waals surface area contributed by atoms with Crippen LogP contribution in [0.4, 0.5) is 0 Å². The van der Waals surface area contributed by atoms with E-state index >= 15 is 0 Å². The van der Waals surface area contributed by atoms with E-state index in [2.05, 4.69) is 0 Å². The van der Waals surface area contributed by atoms with E-state index in [-0.39, 0.29) is 28.9 Å². The van der Waals surface area contributed by atoms with Gasteiger partial charge in [0.15, 0.2) is 37.2 Å². The third kappa shape index (κ3) is 10.2. The van der Waals surface area contributed by atoms with E-state index in [0.29, 0.717) is 5.56 Å². The normalized spacial score (nSPS) is 27.8. The highest BCUT2D eigenvalue weighted by molar-refractivity contribution is 5.91. The number of carbonyl (C=O) groups excluding carboxylic acids is 4. The Bertz CT molecular complexity index is 2280. The molecule has 5 aromatic rings. The van der Waals surface area contributed by atoms with Gasteiger partial charge < -0.3 is 52.5 Å². The van der Waals surface area contributed by atoms with Crippen molar-refractivity contribution in [1.29, 1.82) is 0 Å². The van der Waals surface area contributed by atoms with Crippen molar-refractivity contribution in [2.75, 3.05) is 20.3 Å². The van der Waals surface area contributed by atoms with Crippen molar-refractivity contribution in [1.82, 2.24) is 0 Å². The lowest BCUT2D eigenvalue weighted by Crippen LogP contribution is -2.67. The third-order valence-electron chi connectivity index (χ3n) is 10.6. The number of methoxy groups -OCH3 is 1. The second-order valence-electron chi connectivity index (χ2n) is 14.8. The smallest absolute Gasteiger partial charge is 0.338 e. The quantitative estimate of drug-likeness (QED) is 0.116.